The molecular formula is C25H30FN4O3S+. The van der Waals surface area contributed by atoms with Gasteiger partial charge < -0.3 is 4.74 Å². The topological polar surface area (TPSA) is 85.0 Å². The van der Waals surface area contributed by atoms with Gasteiger partial charge in [0.05, 0.1) is 7.05 Å². The number of nitrogens with zero attached hydrogens (tertiary/aromatic N) is 3. The molecule has 0 aromatic heterocycles. The first-order chi connectivity index (χ1) is 16.2. The average molecular weight is 486 g/mol. The van der Waals surface area contributed by atoms with Crippen molar-refractivity contribution >= 4 is 16.4 Å². The zero-order chi connectivity index (χ0) is 23.9. The minimum Gasteiger partial charge on any atom is -0.488 e. The highest BCUT2D eigenvalue weighted by Crippen LogP contribution is 2.41. The Kier molecular flexibility index (Phi) is 6.05. The van der Waals surface area contributed by atoms with E-state index in [2.05, 4.69) is 22.0 Å². The van der Waals surface area contributed by atoms with Crippen molar-refractivity contribution in [2.75, 3.05) is 33.3 Å². The first-order valence-electron chi connectivity index (χ1n) is 11.6. The number of primary sulfonamides is 1. The van der Waals surface area contributed by atoms with E-state index >= 15 is 0 Å². The fraction of sp³-hybridized carbons (Fsp3) is 0.400. The monoisotopic (exact) mass is 485 g/mol. The molecule has 2 heterocycles. The molecule has 5 rings (SSSR count). The molecule has 3 aliphatic rings. The molecule has 0 bridgehead atoms. The van der Waals surface area contributed by atoms with Crippen molar-refractivity contribution in [1.82, 2.24) is 4.90 Å². The number of fused-ring (bicyclic) bond motifs is 1. The van der Waals surface area contributed by atoms with Crippen molar-refractivity contribution in [3.8, 4) is 5.75 Å². The highest BCUT2D eigenvalue weighted by molar-refractivity contribution is 7.93. The van der Waals surface area contributed by atoms with Gasteiger partial charge in [-0.25, -0.2) is 17.9 Å². The number of nitrogens with two attached hydrogens (primary N) is 1. The Labute approximate surface area is 200 Å². The van der Waals surface area contributed by atoms with Crippen LogP contribution in [0, 0.1) is 5.82 Å². The van der Waals surface area contributed by atoms with E-state index in [0.29, 0.717) is 19.2 Å². The lowest BCUT2D eigenvalue weighted by Gasteiger charge is -2.39. The van der Waals surface area contributed by atoms with E-state index in [-0.39, 0.29) is 21.2 Å². The van der Waals surface area contributed by atoms with Crippen molar-refractivity contribution < 1.29 is 22.0 Å². The Bertz CT molecular complexity index is 1260. The molecule has 34 heavy (non-hydrogen) atoms. The van der Waals surface area contributed by atoms with Gasteiger partial charge in [0.1, 0.15) is 30.9 Å². The van der Waals surface area contributed by atoms with Crippen LogP contribution in [0.2, 0.25) is 0 Å². The van der Waals surface area contributed by atoms with Gasteiger partial charge in [-0.15, -0.1) is 0 Å². The number of rotatable bonds is 8. The third-order valence-corrected chi connectivity index (χ3v) is 7.90. The van der Waals surface area contributed by atoms with E-state index in [4.69, 9.17) is 9.88 Å². The fourth-order valence-electron chi connectivity index (χ4n) is 5.13. The van der Waals surface area contributed by atoms with Crippen molar-refractivity contribution in [2.45, 2.75) is 31.2 Å². The Balaban J connectivity index is 1.30. The maximum absolute atomic E-state index is 13.8. The summed E-state index contributed by atoms with van der Waals surface area (Å²) >= 11 is 0. The number of likely N-dealkylation sites (tertiary alicyclic amines) is 1. The summed E-state index contributed by atoms with van der Waals surface area (Å²) in [6.45, 7) is 3.14. The lowest BCUT2D eigenvalue weighted by molar-refractivity contribution is -0.756. The largest absolute Gasteiger partial charge is 0.488 e. The van der Waals surface area contributed by atoms with Gasteiger partial charge in [-0.05, 0) is 73.3 Å². The zero-order valence-corrected chi connectivity index (χ0v) is 20.0. The fourth-order valence-corrected chi connectivity index (χ4v) is 5.71. The number of benzene rings is 2. The van der Waals surface area contributed by atoms with Crippen molar-refractivity contribution in [3.05, 3.63) is 76.2 Å². The molecule has 1 aliphatic carbocycles. The van der Waals surface area contributed by atoms with E-state index < -0.39 is 10.0 Å². The normalized spacial score (nSPS) is 26.3. The maximum atomic E-state index is 13.8. The lowest BCUT2D eigenvalue weighted by atomic mass is 9.89. The number of likely N-dealkylation sites (N-methyl/N-ethyl adjacent to an activating group) is 1. The average Bonchev–Trinajstić information content (AvgIpc) is 3.29. The van der Waals surface area contributed by atoms with Crippen LogP contribution in [0.15, 0.2) is 58.7 Å². The predicted octanol–water partition coefficient (Wildman–Crippen LogP) is 2.74. The summed E-state index contributed by atoms with van der Waals surface area (Å²) in [5.74, 6) is 0.872. The second-order valence-electron chi connectivity index (χ2n) is 9.64. The summed E-state index contributed by atoms with van der Waals surface area (Å²) in [6, 6.07) is 13.6. The van der Waals surface area contributed by atoms with Crippen molar-refractivity contribution in [3.63, 3.8) is 0 Å². The smallest absolute Gasteiger partial charge is 0.261 e. The van der Waals surface area contributed by atoms with Crippen LogP contribution in [0.5, 0.6) is 5.75 Å². The van der Waals surface area contributed by atoms with Crippen molar-refractivity contribution in [2.24, 2.45) is 10.1 Å². The van der Waals surface area contributed by atoms with Gasteiger partial charge in [0.25, 0.3) is 10.0 Å². The molecule has 2 aromatic carbocycles. The molecule has 2 aromatic rings. The number of ether oxygens (including phenoxy) is 1. The molecule has 7 nitrogen and oxygen atoms in total. The minimum atomic E-state index is -3.82. The number of halogens is 1. The third kappa shape index (κ3) is 4.79. The van der Waals surface area contributed by atoms with Gasteiger partial charge in [0.2, 0.25) is 5.03 Å². The van der Waals surface area contributed by atoms with Crippen molar-refractivity contribution in [1.29, 1.82) is 0 Å². The minimum absolute atomic E-state index is 0.121. The van der Waals surface area contributed by atoms with E-state index in [1.807, 2.05) is 19.2 Å². The van der Waals surface area contributed by atoms with Crippen LogP contribution in [0.4, 0.5) is 4.39 Å². The molecule has 3 atom stereocenters. The third-order valence-electron chi connectivity index (χ3n) is 7.10. The van der Waals surface area contributed by atoms with Gasteiger partial charge >= 0.3 is 0 Å². The summed E-state index contributed by atoms with van der Waals surface area (Å²) < 4.78 is 43.2. The molecule has 0 radical (unpaired) electrons. The van der Waals surface area contributed by atoms with Gasteiger partial charge in [-0.2, -0.15) is 4.99 Å². The van der Waals surface area contributed by atoms with Crippen LogP contribution < -0.4 is 9.88 Å². The summed E-state index contributed by atoms with van der Waals surface area (Å²) in [5, 5.41) is 5.06. The lowest BCUT2D eigenvalue weighted by Crippen LogP contribution is -2.47. The van der Waals surface area contributed by atoms with Crippen LogP contribution >= 0.6 is 0 Å². The van der Waals surface area contributed by atoms with Gasteiger partial charge in [-0.1, -0.05) is 18.2 Å². The Morgan fingerprint density at radius 2 is 2.06 bits per heavy atom. The molecular weight excluding hydrogens is 455 g/mol. The molecule has 0 spiro atoms. The number of aliphatic imine (C=N–C) groups is 1. The Morgan fingerprint density at radius 1 is 1.24 bits per heavy atom. The first kappa shape index (κ1) is 23.2. The summed E-state index contributed by atoms with van der Waals surface area (Å²) in [6.07, 6.45) is 6.10. The zero-order valence-electron chi connectivity index (χ0n) is 19.2. The molecule has 2 aliphatic heterocycles. The molecule has 1 fully saturated rings. The SMILES string of the molecule is C[N+]1(CCOc2ccc3c(c2)C(Cc2cccc(F)c2)C(N2CCC2)C3)C=NC(S(N)(=O)=O)=C1. The van der Waals surface area contributed by atoms with Gasteiger partial charge in [0.15, 0.2) is 6.34 Å². The van der Waals surface area contributed by atoms with Crippen LogP contribution in [-0.2, 0) is 22.9 Å². The standard InChI is InChI=1S/C25H30FN4O3S/c1-30(16-25(28-17-30)34(27,31)32)10-11-33-21-7-6-19-14-24(29-8-3-9-29)23(22(19)15-21)13-18-4-2-5-20(26)12-18/h2,4-7,12,15-17,23-24H,3,8-11,13-14H2,1H3,(H2,27,31,32)/q+1. The van der Waals surface area contributed by atoms with Crippen LogP contribution in [0.1, 0.15) is 29.0 Å². The van der Waals surface area contributed by atoms with Crippen LogP contribution in [0.25, 0.3) is 0 Å². The van der Waals surface area contributed by atoms with Crippen LogP contribution in [0.3, 0.4) is 0 Å². The van der Waals surface area contributed by atoms with Gasteiger partial charge in [-0.3, -0.25) is 9.38 Å². The number of hydrogen-bond acceptors (Lipinski definition) is 5. The molecule has 2 N–H and O–H groups in total. The van der Waals surface area contributed by atoms with Gasteiger partial charge in [0, 0.05) is 12.0 Å². The predicted molar refractivity (Wildman–Crippen MR) is 129 cm³/mol. The summed E-state index contributed by atoms with van der Waals surface area (Å²) in [5.41, 5.74) is 3.62. The molecule has 0 amide bonds. The summed E-state index contributed by atoms with van der Waals surface area (Å²) in [4.78, 5) is 6.48. The second-order valence-corrected chi connectivity index (χ2v) is 11.1. The number of sulfonamides is 1. The molecule has 0 saturated carbocycles. The maximum Gasteiger partial charge on any atom is 0.261 e. The quantitative estimate of drug-likeness (QED) is 0.583. The molecule has 3 unspecified atom stereocenters. The van der Waals surface area contributed by atoms with E-state index in [0.717, 1.165) is 37.2 Å². The molecule has 9 heteroatoms. The van der Waals surface area contributed by atoms with E-state index in [9.17, 15) is 12.8 Å². The number of quaternary nitrogens is 1. The molecule has 180 valence electrons. The summed E-state index contributed by atoms with van der Waals surface area (Å²) in [7, 11) is -1.98. The highest BCUT2D eigenvalue weighted by atomic mass is 32.2. The van der Waals surface area contributed by atoms with E-state index in [1.165, 1.54) is 29.8 Å². The van der Waals surface area contributed by atoms with Crippen LogP contribution in [-0.4, -0.2) is 63.5 Å². The Hall–Kier alpha value is -2.59. The highest BCUT2D eigenvalue weighted by Gasteiger charge is 2.38. The Morgan fingerprint density at radius 3 is 2.74 bits per heavy atom. The second kappa shape index (κ2) is 8.88. The first-order valence-corrected chi connectivity index (χ1v) is 13.1. The molecule has 1 saturated heterocycles. The number of hydrogen-bond donors (Lipinski definition) is 1. The van der Waals surface area contributed by atoms with E-state index in [1.54, 1.807) is 18.5 Å².